The lowest BCUT2D eigenvalue weighted by Crippen LogP contribution is -2.31. The van der Waals surface area contributed by atoms with Crippen LogP contribution in [0.5, 0.6) is 23.0 Å². The lowest BCUT2D eigenvalue weighted by Gasteiger charge is -2.17. The summed E-state index contributed by atoms with van der Waals surface area (Å²) in [6.45, 7) is 7.36. The molecule has 8 rings (SSSR count). The van der Waals surface area contributed by atoms with E-state index in [2.05, 4.69) is 29.8 Å². The number of sulfonamides is 2. The number of aliphatic carboxylic acids is 2. The van der Waals surface area contributed by atoms with Crippen LogP contribution < -0.4 is 35.3 Å². The second-order valence-electron chi connectivity index (χ2n) is 18.2. The molecule has 0 aliphatic rings. The molecule has 8 N–H and O–H groups in total. The number of benzene rings is 8. The molecule has 0 saturated carbocycles. The monoisotopic (exact) mass is 1250 g/mol. The summed E-state index contributed by atoms with van der Waals surface area (Å²) in [7, 11) is -7.97. The summed E-state index contributed by atoms with van der Waals surface area (Å²) in [6.07, 6.45) is 1.18. The average Bonchev–Trinajstić information content (AvgIpc) is 3.37. The summed E-state index contributed by atoms with van der Waals surface area (Å²) in [5.41, 5.74) is 9.65. The number of nitrogens with zero attached hydrogens (tertiary/aromatic N) is 1. The molecule has 8 aromatic carbocycles. The molecule has 0 aromatic heterocycles. The number of hydrogen-bond acceptors (Lipinski definition) is 14. The molecule has 0 radical (unpaired) electrons. The first-order valence-electron chi connectivity index (χ1n) is 25.9. The van der Waals surface area contributed by atoms with Crippen LogP contribution in [0.2, 0.25) is 10.0 Å². The van der Waals surface area contributed by atoms with Gasteiger partial charge in [-0.2, -0.15) is 4.99 Å². The second kappa shape index (κ2) is 33.0. The van der Waals surface area contributed by atoms with E-state index in [1.807, 2.05) is 74.5 Å². The average molecular weight is 1250 g/mol. The highest BCUT2D eigenvalue weighted by Crippen LogP contribution is 2.36. The Morgan fingerprint density at radius 3 is 1.48 bits per heavy atom. The molecular weight excluding hydrogens is 1190 g/mol. The smallest absolute Gasteiger partial charge is 0.319 e. The molecule has 0 saturated heterocycles. The maximum absolute atomic E-state index is 13.2. The molecule has 0 fully saturated rings. The molecule has 8 aromatic rings. The van der Waals surface area contributed by atoms with Crippen molar-refractivity contribution in [3.8, 4) is 23.0 Å². The van der Waals surface area contributed by atoms with Crippen molar-refractivity contribution >= 4 is 96.0 Å². The van der Waals surface area contributed by atoms with E-state index >= 15 is 0 Å². The molecular formula is C62H60Cl2N6O14S2. The van der Waals surface area contributed by atoms with Crippen molar-refractivity contribution in [1.29, 1.82) is 0 Å². The SMILES string of the molecule is CCOC(C)=O.C[C@@H](NC(=O)Nc1ccc(Oc2cccc(CC(=O)O)c2)c(NS(=O)(=O)c2ccc(Cl)cc2)c1)c1ccccc1.C[C@H](N=C=O)c1ccccc1.Nc1ccc(Oc2cccc(CC(=O)O)c2)c(NS(=O)(=O)c2ccc(Cl)cc2)c1. The minimum atomic E-state index is -4.06. The molecule has 0 unspecified atom stereocenters. The van der Waals surface area contributed by atoms with Gasteiger partial charge in [-0.05, 0) is 152 Å². The van der Waals surface area contributed by atoms with Crippen molar-refractivity contribution in [3.63, 3.8) is 0 Å². The Labute approximate surface area is 507 Å². The number of carbonyl (C=O) groups is 4. The number of nitrogens with two attached hydrogens (primary N) is 1. The van der Waals surface area contributed by atoms with Crippen LogP contribution >= 0.6 is 23.2 Å². The van der Waals surface area contributed by atoms with E-state index in [1.54, 1.807) is 73.7 Å². The number of carboxylic acid groups (broad SMARTS) is 2. The second-order valence-corrected chi connectivity index (χ2v) is 22.4. The molecule has 0 aliphatic heterocycles. The van der Waals surface area contributed by atoms with Crippen molar-refractivity contribution in [3.05, 3.63) is 226 Å². The first-order valence-corrected chi connectivity index (χ1v) is 29.6. The van der Waals surface area contributed by atoms with Gasteiger partial charge in [0.25, 0.3) is 20.0 Å². The van der Waals surface area contributed by atoms with Gasteiger partial charge in [0.1, 0.15) is 11.5 Å². The van der Waals surface area contributed by atoms with Gasteiger partial charge in [-0.15, -0.1) is 0 Å². The molecule has 2 amide bonds. The van der Waals surface area contributed by atoms with Crippen molar-refractivity contribution in [2.24, 2.45) is 4.99 Å². The number of carboxylic acids is 2. The zero-order valence-corrected chi connectivity index (χ0v) is 49.8. The highest BCUT2D eigenvalue weighted by atomic mass is 35.5. The molecule has 86 heavy (non-hydrogen) atoms. The summed E-state index contributed by atoms with van der Waals surface area (Å²) in [5.74, 6) is -1.16. The Balaban J connectivity index is 0.000000253. The summed E-state index contributed by atoms with van der Waals surface area (Å²) in [5, 5.41) is 24.4. The number of isocyanates is 1. The third-order valence-corrected chi connectivity index (χ3v) is 14.7. The highest BCUT2D eigenvalue weighted by Gasteiger charge is 2.21. The maximum atomic E-state index is 13.2. The predicted octanol–water partition coefficient (Wildman–Crippen LogP) is 13.2. The van der Waals surface area contributed by atoms with Gasteiger partial charge < -0.3 is 40.8 Å². The van der Waals surface area contributed by atoms with Gasteiger partial charge in [0, 0.05) is 28.3 Å². The number of nitrogens with one attached hydrogen (secondary N) is 4. The lowest BCUT2D eigenvalue weighted by atomic mass is 10.1. The van der Waals surface area contributed by atoms with Crippen LogP contribution in [-0.2, 0) is 56.8 Å². The minimum absolute atomic E-state index is 0.0266. The van der Waals surface area contributed by atoms with Gasteiger partial charge in [0.2, 0.25) is 6.08 Å². The van der Waals surface area contributed by atoms with E-state index in [0.29, 0.717) is 50.7 Å². The number of urea groups is 1. The van der Waals surface area contributed by atoms with E-state index in [-0.39, 0.29) is 63.6 Å². The van der Waals surface area contributed by atoms with Crippen LogP contribution in [0.15, 0.2) is 209 Å². The fraction of sp³-hybridized carbons (Fsp3) is 0.145. The highest BCUT2D eigenvalue weighted by molar-refractivity contribution is 7.93. The quantitative estimate of drug-likeness (QED) is 0.0161. The molecule has 448 valence electrons. The zero-order chi connectivity index (χ0) is 62.8. The number of nitrogen functional groups attached to an aromatic ring is 1. The van der Waals surface area contributed by atoms with Gasteiger partial charge in [-0.3, -0.25) is 23.8 Å². The Kier molecular flexibility index (Phi) is 25.7. The van der Waals surface area contributed by atoms with Crippen molar-refractivity contribution < 1.29 is 65.2 Å². The maximum Gasteiger partial charge on any atom is 0.319 e. The summed E-state index contributed by atoms with van der Waals surface area (Å²) in [6, 6.07) is 51.6. The number of rotatable bonds is 20. The number of halogens is 2. The standard InChI is InChI=1S/C29H26ClN3O6S.C20H17ClN2O5S.C9H9NO.C4H8O2/c1-19(21-7-3-2-4-8-21)31-29(36)32-23-12-15-27(39-24-9-5-6-20(16-24)17-28(34)35)26(18-23)33-40(37,38)25-13-10-22(30)11-14-25;21-14-4-7-17(8-5-14)29(26,27)23-18-12-15(22)6-9-19(18)28-16-3-1-2-13(10-16)11-20(24)25;1-8(10-7-11)9-5-3-2-4-6-9;1-3-6-4(2)5/h2-16,18-19,33H,17H2,1H3,(H,34,35)(H2,31,32,36);1-10,12,23H,11,22H2,(H,24,25);2-6,8H,1H3;3H2,1-2H3/t19-;;8-;/m1.0./s1. The normalized spacial score (nSPS) is 11.2. The third-order valence-electron chi connectivity index (χ3n) is 11.5. The number of ether oxygens (including phenoxy) is 3. The summed E-state index contributed by atoms with van der Waals surface area (Å²) >= 11 is 11.7. The Morgan fingerprint density at radius 1 is 0.593 bits per heavy atom. The minimum Gasteiger partial charge on any atom is -0.481 e. The van der Waals surface area contributed by atoms with Crippen LogP contribution in [0.3, 0.4) is 0 Å². The number of hydrogen-bond donors (Lipinski definition) is 7. The van der Waals surface area contributed by atoms with Gasteiger partial charge in [-0.25, -0.2) is 26.4 Å². The van der Waals surface area contributed by atoms with E-state index in [0.717, 1.165) is 11.1 Å². The molecule has 2 atom stereocenters. The van der Waals surface area contributed by atoms with Crippen LogP contribution in [0, 0.1) is 0 Å². The molecule has 0 heterocycles. The Hall–Kier alpha value is -9.70. The molecule has 20 nitrogen and oxygen atoms in total. The Bertz CT molecular complexity index is 3860. The van der Waals surface area contributed by atoms with E-state index in [1.165, 1.54) is 79.7 Å². The van der Waals surface area contributed by atoms with Gasteiger partial charge >= 0.3 is 23.9 Å². The van der Waals surface area contributed by atoms with Crippen LogP contribution in [0.4, 0.5) is 27.5 Å². The van der Waals surface area contributed by atoms with Crippen LogP contribution in [-0.4, -0.2) is 63.7 Å². The van der Waals surface area contributed by atoms with Gasteiger partial charge in [0.15, 0.2) is 11.5 Å². The summed E-state index contributed by atoms with van der Waals surface area (Å²) < 4.78 is 72.8. The number of carbonyl (C=O) groups excluding carboxylic acids is 3. The van der Waals surface area contributed by atoms with Crippen molar-refractivity contribution in [1.82, 2.24) is 5.32 Å². The number of esters is 1. The van der Waals surface area contributed by atoms with E-state index in [9.17, 15) is 40.8 Å². The van der Waals surface area contributed by atoms with E-state index < -0.39 is 38.0 Å². The lowest BCUT2D eigenvalue weighted by molar-refractivity contribution is -0.140. The van der Waals surface area contributed by atoms with Crippen LogP contribution in [0.25, 0.3) is 0 Å². The molecule has 0 bridgehead atoms. The first kappa shape index (κ1) is 67.1. The number of anilines is 4. The van der Waals surface area contributed by atoms with E-state index in [4.69, 9.17) is 48.6 Å². The Morgan fingerprint density at radius 2 is 1.05 bits per heavy atom. The van der Waals surface area contributed by atoms with Crippen molar-refractivity contribution in [2.45, 2.75) is 62.4 Å². The number of aliphatic imine (C=N–C) groups is 1. The predicted molar refractivity (Wildman–Crippen MR) is 330 cm³/mol. The van der Waals surface area contributed by atoms with Gasteiger partial charge in [-0.1, -0.05) is 108 Å². The van der Waals surface area contributed by atoms with Gasteiger partial charge in [0.05, 0.1) is 52.7 Å². The fourth-order valence-corrected chi connectivity index (χ4v) is 9.82. The largest absolute Gasteiger partial charge is 0.481 e. The molecule has 24 heteroatoms. The van der Waals surface area contributed by atoms with Crippen LogP contribution in [0.1, 0.15) is 62.0 Å². The topological polar surface area (TPSA) is 308 Å². The third kappa shape index (κ3) is 22.8. The fourth-order valence-electron chi connectivity index (χ4n) is 7.45. The first-order chi connectivity index (χ1) is 40.9. The molecule has 0 aliphatic carbocycles. The zero-order valence-electron chi connectivity index (χ0n) is 46.6. The van der Waals surface area contributed by atoms with Crippen molar-refractivity contribution in [2.75, 3.05) is 27.1 Å². The molecule has 0 spiro atoms. The number of amides is 2. The summed E-state index contributed by atoms with van der Waals surface area (Å²) in [4.78, 5) is 58.0.